The summed E-state index contributed by atoms with van der Waals surface area (Å²) in [6, 6.07) is 12.5. The number of aryl methyl sites for hydroxylation is 1. The van der Waals surface area contributed by atoms with Gasteiger partial charge in [-0.05, 0) is 48.5 Å². The van der Waals surface area contributed by atoms with Crippen molar-refractivity contribution < 1.29 is 18.7 Å². The number of carbonyl (C=O) groups excluding carboxylic acids is 2. The van der Waals surface area contributed by atoms with E-state index < -0.39 is 0 Å². The van der Waals surface area contributed by atoms with Crippen molar-refractivity contribution in [2.75, 3.05) is 18.2 Å². The van der Waals surface area contributed by atoms with E-state index in [4.69, 9.17) is 4.74 Å². The van der Waals surface area contributed by atoms with Crippen LogP contribution in [0.3, 0.4) is 0 Å². The first-order valence-electron chi connectivity index (χ1n) is 9.20. The van der Waals surface area contributed by atoms with Crippen LogP contribution >= 0.6 is 11.8 Å². The highest BCUT2D eigenvalue weighted by molar-refractivity contribution is 7.99. The highest BCUT2D eigenvalue weighted by Crippen LogP contribution is 2.19. The summed E-state index contributed by atoms with van der Waals surface area (Å²) in [5, 5.41) is 11.5. The van der Waals surface area contributed by atoms with E-state index in [-0.39, 0.29) is 29.7 Å². The number of carbonyl (C=O) groups is 2. The van der Waals surface area contributed by atoms with Crippen LogP contribution in [-0.2, 0) is 18.3 Å². The molecule has 7 nitrogen and oxygen atoms in total. The van der Waals surface area contributed by atoms with Gasteiger partial charge in [0.05, 0.1) is 12.9 Å². The monoisotopic (exact) mass is 428 g/mol. The minimum Gasteiger partial charge on any atom is -0.497 e. The summed E-state index contributed by atoms with van der Waals surface area (Å²) in [6.45, 7) is 0. The number of ether oxygens (including phenoxy) is 1. The van der Waals surface area contributed by atoms with Crippen LogP contribution < -0.4 is 10.1 Å². The number of aromatic nitrogens is 3. The van der Waals surface area contributed by atoms with Crippen molar-refractivity contribution >= 4 is 29.1 Å². The Morgan fingerprint density at radius 1 is 1.10 bits per heavy atom. The quantitative estimate of drug-likeness (QED) is 0.415. The molecule has 0 saturated heterocycles. The van der Waals surface area contributed by atoms with Crippen LogP contribution in [0.15, 0.2) is 53.7 Å². The van der Waals surface area contributed by atoms with E-state index in [1.54, 1.807) is 43.0 Å². The Labute approximate surface area is 177 Å². The molecule has 0 saturated carbocycles. The van der Waals surface area contributed by atoms with Crippen LogP contribution in [0.1, 0.15) is 22.6 Å². The summed E-state index contributed by atoms with van der Waals surface area (Å²) in [5.74, 6) is 0.981. The molecule has 30 heavy (non-hydrogen) atoms. The van der Waals surface area contributed by atoms with Gasteiger partial charge in [0.1, 0.15) is 17.4 Å². The zero-order valence-electron chi connectivity index (χ0n) is 16.6. The number of rotatable bonds is 9. The highest BCUT2D eigenvalue weighted by atomic mass is 32.2. The number of methoxy groups -OCH3 is 1. The summed E-state index contributed by atoms with van der Waals surface area (Å²) in [5.41, 5.74) is 1.14. The van der Waals surface area contributed by atoms with Crippen molar-refractivity contribution in [2.24, 2.45) is 7.05 Å². The van der Waals surface area contributed by atoms with E-state index in [1.165, 1.54) is 36.0 Å². The number of hydrogen-bond acceptors (Lipinski definition) is 6. The zero-order valence-corrected chi connectivity index (χ0v) is 17.4. The van der Waals surface area contributed by atoms with Crippen LogP contribution in [0.4, 0.5) is 10.1 Å². The van der Waals surface area contributed by atoms with Gasteiger partial charge in [-0.2, -0.15) is 0 Å². The largest absolute Gasteiger partial charge is 0.497 e. The van der Waals surface area contributed by atoms with E-state index in [2.05, 4.69) is 15.5 Å². The Morgan fingerprint density at radius 2 is 1.80 bits per heavy atom. The number of Topliss-reactive ketones (excluding diaryl/α,β-unsaturated/α-hetero) is 1. The van der Waals surface area contributed by atoms with Gasteiger partial charge in [0.25, 0.3) is 0 Å². The van der Waals surface area contributed by atoms with E-state index >= 15 is 0 Å². The average molecular weight is 428 g/mol. The number of ketones is 1. The molecule has 0 spiro atoms. The predicted octanol–water partition coefficient (Wildman–Crippen LogP) is 3.51. The maximum atomic E-state index is 12.9. The number of hydrogen-bond donors (Lipinski definition) is 1. The summed E-state index contributed by atoms with van der Waals surface area (Å²) in [7, 11) is 3.37. The first-order valence-corrected chi connectivity index (χ1v) is 10.2. The molecule has 1 N–H and O–H groups in total. The molecule has 0 aliphatic heterocycles. The molecule has 0 aliphatic rings. The zero-order chi connectivity index (χ0) is 21.5. The first kappa shape index (κ1) is 21.5. The topological polar surface area (TPSA) is 86.1 Å². The third-order valence-electron chi connectivity index (χ3n) is 4.37. The van der Waals surface area contributed by atoms with Gasteiger partial charge >= 0.3 is 0 Å². The molecule has 2 aromatic carbocycles. The summed E-state index contributed by atoms with van der Waals surface area (Å²) in [6.07, 6.45) is 0.600. The van der Waals surface area contributed by atoms with Crippen molar-refractivity contribution in [3.63, 3.8) is 0 Å². The predicted molar refractivity (Wildman–Crippen MR) is 112 cm³/mol. The fraction of sp³-hybridized carbons (Fsp3) is 0.238. The Bertz CT molecular complexity index is 1020. The second-order valence-corrected chi connectivity index (χ2v) is 7.40. The third-order valence-corrected chi connectivity index (χ3v) is 5.39. The summed E-state index contributed by atoms with van der Waals surface area (Å²) >= 11 is 1.29. The molecule has 0 atom stereocenters. The van der Waals surface area contributed by atoms with Crippen molar-refractivity contribution in [3.05, 3.63) is 65.7 Å². The molecule has 0 aliphatic carbocycles. The van der Waals surface area contributed by atoms with E-state index in [0.717, 1.165) is 0 Å². The molecule has 0 bridgehead atoms. The molecule has 156 valence electrons. The highest BCUT2D eigenvalue weighted by Gasteiger charge is 2.14. The number of amides is 1. The smallest absolute Gasteiger partial charge is 0.224 e. The standard InChI is InChI=1S/C21H21FN4O3S/c1-26-19(11-12-20(28)23-16-7-5-15(22)6-8-16)24-25-21(26)30-13-18(27)14-3-9-17(29-2)10-4-14/h3-10H,11-13H2,1-2H3,(H,23,28). The van der Waals surface area contributed by atoms with Gasteiger partial charge < -0.3 is 14.6 Å². The molecular weight excluding hydrogens is 407 g/mol. The van der Waals surface area contributed by atoms with Gasteiger partial charge in [-0.1, -0.05) is 11.8 Å². The number of halogens is 1. The molecular formula is C21H21FN4O3S. The van der Waals surface area contributed by atoms with Crippen LogP contribution in [0.2, 0.25) is 0 Å². The van der Waals surface area contributed by atoms with Crippen LogP contribution in [-0.4, -0.2) is 39.3 Å². The molecule has 1 aromatic heterocycles. The molecule has 9 heteroatoms. The molecule has 0 radical (unpaired) electrons. The third kappa shape index (κ3) is 5.66. The Hall–Kier alpha value is -3.20. The van der Waals surface area contributed by atoms with Crippen molar-refractivity contribution in [2.45, 2.75) is 18.0 Å². The molecule has 0 unspecified atom stereocenters. The Balaban J connectivity index is 1.50. The first-order chi connectivity index (χ1) is 14.5. The van der Waals surface area contributed by atoms with Gasteiger partial charge in [0.2, 0.25) is 5.91 Å². The Kier molecular flexibility index (Phi) is 7.18. The summed E-state index contributed by atoms with van der Waals surface area (Å²) in [4.78, 5) is 24.4. The summed E-state index contributed by atoms with van der Waals surface area (Å²) < 4.78 is 19.8. The van der Waals surface area contributed by atoms with Crippen LogP contribution in [0, 0.1) is 5.82 Å². The van der Waals surface area contributed by atoms with Gasteiger partial charge in [-0.15, -0.1) is 10.2 Å². The molecule has 1 heterocycles. The minimum atomic E-state index is -0.359. The second kappa shape index (κ2) is 10.0. The van der Waals surface area contributed by atoms with Gasteiger partial charge in [-0.25, -0.2) is 4.39 Å². The normalized spacial score (nSPS) is 10.6. The fourth-order valence-electron chi connectivity index (χ4n) is 2.66. The van der Waals surface area contributed by atoms with Gasteiger partial charge in [0, 0.05) is 31.1 Å². The number of anilines is 1. The average Bonchev–Trinajstić information content (AvgIpc) is 3.11. The lowest BCUT2D eigenvalue weighted by atomic mass is 10.1. The lowest BCUT2D eigenvalue weighted by Gasteiger charge is -2.06. The SMILES string of the molecule is COc1ccc(C(=O)CSc2nnc(CCC(=O)Nc3ccc(F)cc3)n2C)cc1. The number of nitrogens with one attached hydrogen (secondary N) is 1. The molecule has 3 aromatic rings. The maximum Gasteiger partial charge on any atom is 0.224 e. The Morgan fingerprint density at radius 3 is 2.47 bits per heavy atom. The van der Waals surface area contributed by atoms with Crippen molar-refractivity contribution in [1.82, 2.24) is 14.8 Å². The molecule has 3 rings (SSSR count). The lowest BCUT2D eigenvalue weighted by molar-refractivity contribution is -0.116. The van der Waals surface area contributed by atoms with Crippen LogP contribution in [0.25, 0.3) is 0 Å². The van der Waals surface area contributed by atoms with Gasteiger partial charge in [-0.3, -0.25) is 9.59 Å². The lowest BCUT2D eigenvalue weighted by Crippen LogP contribution is -2.13. The molecule has 1 amide bonds. The minimum absolute atomic E-state index is 0.0223. The number of thioether (sulfide) groups is 1. The van der Waals surface area contributed by atoms with Gasteiger partial charge in [0.15, 0.2) is 10.9 Å². The fourth-order valence-corrected chi connectivity index (χ4v) is 3.49. The molecule has 0 fully saturated rings. The number of nitrogens with zero attached hydrogens (tertiary/aromatic N) is 3. The van der Waals surface area contributed by atoms with Crippen molar-refractivity contribution in [1.29, 1.82) is 0 Å². The van der Waals surface area contributed by atoms with E-state index in [9.17, 15) is 14.0 Å². The maximum absolute atomic E-state index is 12.9. The van der Waals surface area contributed by atoms with E-state index in [0.29, 0.717) is 34.4 Å². The van der Waals surface area contributed by atoms with E-state index in [1.807, 2.05) is 0 Å². The second-order valence-electron chi connectivity index (χ2n) is 6.45. The van der Waals surface area contributed by atoms with Crippen molar-refractivity contribution in [3.8, 4) is 5.75 Å². The number of benzene rings is 2. The van der Waals surface area contributed by atoms with Crippen LogP contribution in [0.5, 0.6) is 5.75 Å².